The fraction of sp³-hybridized carbons (Fsp3) is 0.538. The van der Waals surface area contributed by atoms with Gasteiger partial charge in [0, 0.05) is 5.56 Å². The van der Waals surface area contributed by atoms with Gasteiger partial charge in [0.05, 0.1) is 12.5 Å². The lowest BCUT2D eigenvalue weighted by atomic mass is 9.77. The van der Waals surface area contributed by atoms with E-state index in [-0.39, 0.29) is 17.7 Å². The lowest BCUT2D eigenvalue weighted by Gasteiger charge is -2.33. The van der Waals surface area contributed by atoms with E-state index in [1.165, 1.54) is 13.2 Å². The molecule has 0 heterocycles. The molecule has 0 aliphatic rings. The summed E-state index contributed by atoms with van der Waals surface area (Å²) in [5.74, 6) is -0.637. The molecule has 0 saturated carbocycles. The Morgan fingerprint density at radius 2 is 1.83 bits per heavy atom. The zero-order valence-electron chi connectivity index (χ0n) is 10.6. The van der Waals surface area contributed by atoms with Crippen molar-refractivity contribution in [3.05, 3.63) is 29.6 Å². The maximum absolute atomic E-state index is 13.2. The molecule has 102 valence electrons. The topological polar surface area (TPSA) is 9.23 Å². The molecule has 0 aliphatic heterocycles. The molecule has 0 spiro atoms. The largest absolute Gasteiger partial charge is 0.496 e. The van der Waals surface area contributed by atoms with Crippen LogP contribution < -0.4 is 4.74 Å². The normalized spacial score (nSPS) is 15.3. The van der Waals surface area contributed by atoms with Crippen molar-refractivity contribution in [1.82, 2.24) is 0 Å². The first-order valence-electron chi connectivity index (χ1n) is 5.67. The van der Waals surface area contributed by atoms with E-state index in [4.69, 9.17) is 4.74 Å². The summed E-state index contributed by atoms with van der Waals surface area (Å²) in [6, 6.07) is 3.22. The van der Waals surface area contributed by atoms with Gasteiger partial charge in [-0.15, -0.1) is 0 Å². The van der Waals surface area contributed by atoms with Gasteiger partial charge in [0.25, 0.3) is 0 Å². The van der Waals surface area contributed by atoms with Crippen molar-refractivity contribution in [3.63, 3.8) is 0 Å². The van der Waals surface area contributed by atoms with Gasteiger partial charge in [-0.05, 0) is 31.5 Å². The number of hydrogen-bond acceptors (Lipinski definition) is 1. The molecule has 0 aromatic heterocycles. The van der Waals surface area contributed by atoms with E-state index in [9.17, 15) is 17.6 Å². The Morgan fingerprint density at radius 3 is 2.28 bits per heavy atom. The molecule has 1 nitrogen and oxygen atoms in total. The smallest absolute Gasteiger partial charge is 0.398 e. The number of hydrogen-bond donors (Lipinski definition) is 0. The van der Waals surface area contributed by atoms with Crippen molar-refractivity contribution in [3.8, 4) is 5.75 Å². The molecule has 1 aromatic rings. The Bertz CT molecular complexity index is 414. The van der Waals surface area contributed by atoms with Gasteiger partial charge in [0.1, 0.15) is 11.6 Å². The maximum Gasteiger partial charge on any atom is 0.398 e. The standard InChI is InChI=1S/C13H16F4O/c1-4-7-12(2,13(15,16)17)10-8-9(14)5-6-11(10)18-3/h5-6,8H,4,7H2,1-3H3. The molecular formula is C13H16F4O. The van der Waals surface area contributed by atoms with E-state index in [1.807, 2.05) is 0 Å². The second-order valence-corrected chi connectivity index (χ2v) is 4.42. The molecule has 1 rings (SSSR count). The van der Waals surface area contributed by atoms with Gasteiger partial charge in [-0.3, -0.25) is 0 Å². The number of rotatable bonds is 4. The summed E-state index contributed by atoms with van der Waals surface area (Å²) in [6.45, 7) is 2.74. The third-order valence-corrected chi connectivity index (χ3v) is 3.13. The molecule has 1 atom stereocenters. The lowest BCUT2D eigenvalue weighted by Crippen LogP contribution is -2.39. The van der Waals surface area contributed by atoms with Crippen molar-refractivity contribution in [2.45, 2.75) is 38.3 Å². The first kappa shape index (κ1) is 14.8. The first-order chi connectivity index (χ1) is 8.26. The van der Waals surface area contributed by atoms with Crippen molar-refractivity contribution in [2.75, 3.05) is 7.11 Å². The average Bonchev–Trinajstić information content (AvgIpc) is 2.27. The number of alkyl halides is 3. The fourth-order valence-electron chi connectivity index (χ4n) is 2.04. The minimum Gasteiger partial charge on any atom is -0.496 e. The fourth-order valence-corrected chi connectivity index (χ4v) is 2.04. The summed E-state index contributed by atoms with van der Waals surface area (Å²) in [7, 11) is 1.28. The van der Waals surface area contributed by atoms with Crippen molar-refractivity contribution >= 4 is 0 Å². The van der Waals surface area contributed by atoms with Crippen LogP contribution in [-0.4, -0.2) is 13.3 Å². The van der Waals surface area contributed by atoms with E-state index < -0.39 is 17.4 Å². The molecule has 0 aliphatic carbocycles. The van der Waals surface area contributed by atoms with Crippen LogP contribution in [0.25, 0.3) is 0 Å². The minimum atomic E-state index is -4.45. The average molecular weight is 264 g/mol. The predicted molar refractivity (Wildman–Crippen MR) is 61.3 cm³/mol. The summed E-state index contributed by atoms with van der Waals surface area (Å²) in [5.41, 5.74) is -2.26. The van der Waals surface area contributed by atoms with Crippen LogP contribution in [0, 0.1) is 5.82 Å². The summed E-state index contributed by atoms with van der Waals surface area (Å²) in [4.78, 5) is 0. The summed E-state index contributed by atoms with van der Waals surface area (Å²) in [5, 5.41) is 0. The highest BCUT2D eigenvalue weighted by molar-refractivity contribution is 5.41. The molecule has 1 aromatic carbocycles. The quantitative estimate of drug-likeness (QED) is 0.730. The molecule has 18 heavy (non-hydrogen) atoms. The number of methoxy groups -OCH3 is 1. The highest BCUT2D eigenvalue weighted by Crippen LogP contribution is 2.47. The molecule has 0 bridgehead atoms. The van der Waals surface area contributed by atoms with Gasteiger partial charge >= 0.3 is 6.18 Å². The third kappa shape index (κ3) is 2.60. The molecule has 5 heteroatoms. The molecule has 0 N–H and O–H groups in total. The monoisotopic (exact) mass is 264 g/mol. The van der Waals surface area contributed by atoms with Crippen LogP contribution in [0.15, 0.2) is 18.2 Å². The van der Waals surface area contributed by atoms with Gasteiger partial charge in [0.15, 0.2) is 0 Å². The molecule has 0 fully saturated rings. The Balaban J connectivity index is 3.42. The van der Waals surface area contributed by atoms with Crippen molar-refractivity contribution in [2.24, 2.45) is 0 Å². The molecular weight excluding hydrogens is 248 g/mol. The summed E-state index contributed by atoms with van der Waals surface area (Å²) < 4.78 is 57.9. The second-order valence-electron chi connectivity index (χ2n) is 4.42. The second kappa shape index (κ2) is 5.16. The first-order valence-corrected chi connectivity index (χ1v) is 5.67. The van der Waals surface area contributed by atoms with E-state index in [0.717, 1.165) is 19.1 Å². The lowest BCUT2D eigenvalue weighted by molar-refractivity contribution is -0.188. The molecule has 0 amide bonds. The molecule has 0 saturated heterocycles. The zero-order valence-corrected chi connectivity index (χ0v) is 10.6. The van der Waals surface area contributed by atoms with Crippen LogP contribution in [0.4, 0.5) is 17.6 Å². The van der Waals surface area contributed by atoms with Gasteiger partial charge in [-0.25, -0.2) is 4.39 Å². The van der Waals surface area contributed by atoms with Gasteiger partial charge < -0.3 is 4.74 Å². The van der Waals surface area contributed by atoms with E-state index in [1.54, 1.807) is 6.92 Å². The zero-order chi connectivity index (χ0) is 14.0. The Hall–Kier alpha value is -1.26. The number of benzene rings is 1. The molecule has 0 radical (unpaired) electrons. The molecule has 1 unspecified atom stereocenters. The Labute approximate surface area is 104 Å². The number of halogens is 4. The number of ether oxygens (including phenoxy) is 1. The highest BCUT2D eigenvalue weighted by atomic mass is 19.4. The summed E-state index contributed by atoms with van der Waals surface area (Å²) in [6.07, 6.45) is -4.23. The van der Waals surface area contributed by atoms with Crippen LogP contribution >= 0.6 is 0 Å². The highest BCUT2D eigenvalue weighted by Gasteiger charge is 2.52. The predicted octanol–water partition coefficient (Wildman–Crippen LogP) is 4.45. The van der Waals surface area contributed by atoms with Crippen molar-refractivity contribution < 1.29 is 22.3 Å². The van der Waals surface area contributed by atoms with Crippen LogP contribution in [0.3, 0.4) is 0 Å². The van der Waals surface area contributed by atoms with E-state index in [2.05, 4.69) is 0 Å². The van der Waals surface area contributed by atoms with Crippen LogP contribution in [0.5, 0.6) is 5.75 Å². The Morgan fingerprint density at radius 1 is 1.22 bits per heavy atom. The van der Waals surface area contributed by atoms with Crippen molar-refractivity contribution in [1.29, 1.82) is 0 Å². The van der Waals surface area contributed by atoms with E-state index in [0.29, 0.717) is 6.42 Å². The van der Waals surface area contributed by atoms with Crippen LogP contribution in [0.2, 0.25) is 0 Å². The summed E-state index contributed by atoms with van der Waals surface area (Å²) >= 11 is 0. The maximum atomic E-state index is 13.2. The minimum absolute atomic E-state index is 0.0599. The van der Waals surface area contributed by atoms with Gasteiger partial charge in [-0.1, -0.05) is 13.3 Å². The Kier molecular flexibility index (Phi) is 4.24. The van der Waals surface area contributed by atoms with Crippen LogP contribution in [0.1, 0.15) is 32.3 Å². The SMILES string of the molecule is CCCC(C)(c1cc(F)ccc1OC)C(F)(F)F. The van der Waals surface area contributed by atoms with Crippen LogP contribution in [-0.2, 0) is 5.41 Å². The van der Waals surface area contributed by atoms with Gasteiger partial charge in [-0.2, -0.15) is 13.2 Å². The third-order valence-electron chi connectivity index (χ3n) is 3.13. The van der Waals surface area contributed by atoms with E-state index >= 15 is 0 Å². The van der Waals surface area contributed by atoms with Gasteiger partial charge in [0.2, 0.25) is 0 Å².